The summed E-state index contributed by atoms with van der Waals surface area (Å²) in [5.74, 6) is -0.0887. The van der Waals surface area contributed by atoms with Crippen LogP contribution in [0.4, 0.5) is 0 Å². The van der Waals surface area contributed by atoms with Crippen LogP contribution in [0, 0.1) is 18.3 Å². The molecule has 0 saturated heterocycles. The van der Waals surface area contributed by atoms with Crippen molar-refractivity contribution in [1.29, 1.82) is 5.26 Å². The van der Waals surface area contributed by atoms with E-state index in [9.17, 15) is 9.90 Å². The molecule has 2 rings (SSSR count). The van der Waals surface area contributed by atoms with E-state index in [0.29, 0.717) is 16.6 Å². The number of carboxylic acids is 1. The highest BCUT2D eigenvalue weighted by Gasteiger charge is 2.16. The maximum atomic E-state index is 11.5. The molecule has 2 aromatic heterocycles. The lowest BCUT2D eigenvalue weighted by Crippen LogP contribution is -2.07. The minimum atomic E-state index is -1.05. The van der Waals surface area contributed by atoms with Crippen molar-refractivity contribution in [3.63, 3.8) is 0 Å². The van der Waals surface area contributed by atoms with E-state index < -0.39 is 5.97 Å². The van der Waals surface area contributed by atoms with Crippen LogP contribution >= 0.6 is 11.3 Å². The first-order valence-electron chi connectivity index (χ1n) is 6.07. The molecule has 2 heterocycles. The molecule has 0 saturated carbocycles. The Labute approximate surface area is 125 Å². The molecule has 1 N–H and O–H groups in total. The summed E-state index contributed by atoms with van der Waals surface area (Å²) in [6.07, 6.45) is 0.0590. The number of carboxylic acid groups (broad SMARTS) is 1. The van der Waals surface area contributed by atoms with Gasteiger partial charge in [-0.2, -0.15) is 5.26 Å². The molecule has 0 atom stereocenters. The molecule has 0 aromatic carbocycles. The first-order chi connectivity index (χ1) is 10.1. The maximum Gasteiger partial charge on any atom is 0.338 e. The summed E-state index contributed by atoms with van der Waals surface area (Å²) in [6, 6.07) is 10.5. The minimum Gasteiger partial charge on any atom is -0.478 e. The first kappa shape index (κ1) is 14.7. The third-order valence-electron chi connectivity index (χ3n) is 2.65. The highest BCUT2D eigenvalue weighted by atomic mass is 32.1. The van der Waals surface area contributed by atoms with Gasteiger partial charge >= 0.3 is 5.97 Å². The van der Waals surface area contributed by atoms with Gasteiger partial charge in [0.1, 0.15) is 10.8 Å². The number of nitriles is 1. The third kappa shape index (κ3) is 3.24. The second-order valence-corrected chi connectivity index (χ2v) is 4.94. The molecule has 6 nitrogen and oxygen atoms in total. The topological polar surface area (TPSA) is 91.8 Å². The molecule has 0 aliphatic rings. The van der Waals surface area contributed by atoms with E-state index in [-0.39, 0.29) is 12.0 Å². The van der Waals surface area contributed by atoms with Crippen LogP contribution in [0.2, 0.25) is 0 Å². The van der Waals surface area contributed by atoms with Crippen LogP contribution in [0.5, 0.6) is 0 Å². The Bertz CT molecular complexity index is 756. The molecule has 0 fully saturated rings. The second-order valence-electron chi connectivity index (χ2n) is 4.05. The molecule has 0 radical (unpaired) electrons. The van der Waals surface area contributed by atoms with Gasteiger partial charge in [-0.05, 0) is 18.4 Å². The van der Waals surface area contributed by atoms with Gasteiger partial charge in [-0.15, -0.1) is 21.5 Å². The van der Waals surface area contributed by atoms with Crippen molar-refractivity contribution in [2.45, 2.75) is 13.3 Å². The fraction of sp³-hybridized carbons (Fsp3) is 0.143. The summed E-state index contributed by atoms with van der Waals surface area (Å²) in [5, 5.41) is 28.4. The maximum absolute atomic E-state index is 11.5. The Morgan fingerprint density at radius 1 is 1.38 bits per heavy atom. The summed E-state index contributed by atoms with van der Waals surface area (Å²) in [5.41, 5.74) is 0.123. The van der Waals surface area contributed by atoms with Crippen molar-refractivity contribution in [3.05, 3.63) is 52.9 Å². The Morgan fingerprint density at radius 3 is 2.86 bits per heavy atom. The molecular weight excluding hydrogens is 288 g/mol. The van der Waals surface area contributed by atoms with Gasteiger partial charge in [-0.1, -0.05) is 24.3 Å². The SMILES string of the molecule is Cc1nnc(CC#N)n1-c1sccccccc1C(=O)O. The minimum absolute atomic E-state index is 0.0590. The number of aromatic nitrogens is 3. The van der Waals surface area contributed by atoms with Crippen molar-refractivity contribution in [2.75, 3.05) is 0 Å². The lowest BCUT2D eigenvalue weighted by Gasteiger charge is -2.07. The number of nitrogens with zero attached hydrogens (tertiary/aromatic N) is 4. The Hall–Kier alpha value is -2.72. The Kier molecular flexibility index (Phi) is 4.64. The van der Waals surface area contributed by atoms with Crippen LogP contribution in [0.15, 0.2) is 35.7 Å². The van der Waals surface area contributed by atoms with Crippen molar-refractivity contribution in [3.8, 4) is 11.1 Å². The quantitative estimate of drug-likeness (QED) is 0.940. The fourth-order valence-corrected chi connectivity index (χ4v) is 2.68. The van der Waals surface area contributed by atoms with E-state index in [1.54, 1.807) is 35.1 Å². The summed E-state index contributed by atoms with van der Waals surface area (Å²) in [4.78, 5) is 11.5. The number of carbonyl (C=O) groups is 1. The highest BCUT2D eigenvalue weighted by molar-refractivity contribution is 7.12. The molecule has 0 aliphatic heterocycles. The number of hydrogen-bond acceptors (Lipinski definition) is 5. The van der Waals surface area contributed by atoms with Gasteiger partial charge in [0.05, 0.1) is 18.1 Å². The van der Waals surface area contributed by atoms with Crippen molar-refractivity contribution < 1.29 is 9.90 Å². The molecule has 7 heteroatoms. The average molecular weight is 300 g/mol. The largest absolute Gasteiger partial charge is 0.478 e. The van der Waals surface area contributed by atoms with Crippen LogP contribution in [0.1, 0.15) is 22.0 Å². The smallest absolute Gasteiger partial charge is 0.338 e. The van der Waals surface area contributed by atoms with E-state index >= 15 is 0 Å². The number of aryl methyl sites for hydroxylation is 1. The van der Waals surface area contributed by atoms with Crippen molar-refractivity contribution >= 4 is 17.3 Å². The zero-order valence-electron chi connectivity index (χ0n) is 11.2. The van der Waals surface area contributed by atoms with Crippen LogP contribution in [-0.2, 0) is 6.42 Å². The summed E-state index contributed by atoms with van der Waals surface area (Å²) >= 11 is 1.25. The third-order valence-corrected chi connectivity index (χ3v) is 3.57. The average Bonchev–Trinajstić information content (AvgIpc) is 2.84. The highest BCUT2D eigenvalue weighted by Crippen LogP contribution is 2.21. The lowest BCUT2D eigenvalue weighted by molar-refractivity contribution is 0.0697. The number of hydrogen-bond donors (Lipinski definition) is 1. The van der Waals surface area contributed by atoms with Gasteiger partial charge in [-0.25, -0.2) is 4.79 Å². The predicted octanol–water partition coefficient (Wildman–Crippen LogP) is 2.53. The zero-order chi connectivity index (χ0) is 15.2. The van der Waals surface area contributed by atoms with E-state index in [1.807, 2.05) is 12.1 Å². The zero-order valence-corrected chi connectivity index (χ0v) is 12.0. The molecule has 21 heavy (non-hydrogen) atoms. The van der Waals surface area contributed by atoms with Gasteiger partial charge in [0.25, 0.3) is 0 Å². The molecule has 2 aromatic rings. The fourth-order valence-electron chi connectivity index (χ4n) is 1.76. The second kappa shape index (κ2) is 6.63. The number of aromatic carboxylic acids is 1. The predicted molar refractivity (Wildman–Crippen MR) is 77.9 cm³/mol. The van der Waals surface area contributed by atoms with Gasteiger partial charge in [0.15, 0.2) is 5.82 Å². The van der Waals surface area contributed by atoms with Crippen LogP contribution in [0.3, 0.4) is 0 Å². The van der Waals surface area contributed by atoms with Crippen LogP contribution in [-0.4, -0.2) is 25.8 Å². The van der Waals surface area contributed by atoms with Crippen LogP contribution in [0.25, 0.3) is 5.00 Å². The Morgan fingerprint density at radius 2 is 2.14 bits per heavy atom. The summed E-state index contributed by atoms with van der Waals surface area (Å²) < 4.78 is 1.61. The van der Waals surface area contributed by atoms with Gasteiger partial charge in [-0.3, -0.25) is 4.57 Å². The summed E-state index contributed by atoms with van der Waals surface area (Å²) in [7, 11) is 0. The monoisotopic (exact) mass is 300 g/mol. The molecule has 106 valence electrons. The van der Waals surface area contributed by atoms with E-state index in [1.165, 1.54) is 17.4 Å². The Balaban J connectivity index is 2.81. The van der Waals surface area contributed by atoms with E-state index in [0.717, 1.165) is 0 Å². The summed E-state index contributed by atoms with van der Waals surface area (Å²) in [6.45, 7) is 1.72. The molecule has 0 bridgehead atoms. The number of rotatable bonds is 3. The standard InChI is InChI=1S/C14H12N4O2S/c1-10-16-17-12(7-8-15)18(10)13-11(14(19)20)6-4-2-3-5-9-21-13/h2-6,9H,7H2,1H3,(H,19,20). The van der Waals surface area contributed by atoms with Gasteiger partial charge < -0.3 is 5.11 Å². The van der Waals surface area contributed by atoms with E-state index in [4.69, 9.17) is 5.26 Å². The van der Waals surface area contributed by atoms with Gasteiger partial charge in [0, 0.05) is 0 Å². The normalized spacial score (nSPS) is 9.71. The van der Waals surface area contributed by atoms with Crippen LogP contribution < -0.4 is 0 Å². The molecular formula is C14H12N4O2S. The van der Waals surface area contributed by atoms with E-state index in [2.05, 4.69) is 10.2 Å². The first-order valence-corrected chi connectivity index (χ1v) is 6.95. The van der Waals surface area contributed by atoms with Crippen molar-refractivity contribution in [1.82, 2.24) is 14.8 Å². The molecule has 0 unspecified atom stereocenters. The molecule has 0 amide bonds. The lowest BCUT2D eigenvalue weighted by atomic mass is 10.3. The molecule has 0 spiro atoms. The molecule has 0 aliphatic carbocycles. The van der Waals surface area contributed by atoms with Gasteiger partial charge in [0.2, 0.25) is 0 Å². The van der Waals surface area contributed by atoms with Crippen molar-refractivity contribution in [2.24, 2.45) is 0 Å².